The van der Waals surface area contributed by atoms with Crippen LogP contribution in [0.3, 0.4) is 0 Å². The fourth-order valence-electron chi connectivity index (χ4n) is 3.34. The first-order valence-electron chi connectivity index (χ1n) is 10.9. The van der Waals surface area contributed by atoms with Crippen molar-refractivity contribution in [1.82, 2.24) is 4.90 Å². The fourth-order valence-corrected chi connectivity index (χ4v) is 5.78. The van der Waals surface area contributed by atoms with E-state index in [0.29, 0.717) is 33.7 Å². The molecule has 36 heavy (non-hydrogen) atoms. The number of carbonyl (C=O) groups is 2. The van der Waals surface area contributed by atoms with Crippen LogP contribution in [0.2, 0.25) is 0 Å². The van der Waals surface area contributed by atoms with E-state index >= 15 is 0 Å². The number of hydrogen-bond acceptors (Lipinski definition) is 6. The van der Waals surface area contributed by atoms with Gasteiger partial charge in [-0.2, -0.15) is 0 Å². The third-order valence-electron chi connectivity index (χ3n) is 5.34. The van der Waals surface area contributed by atoms with Crippen LogP contribution in [0, 0.1) is 6.92 Å². The van der Waals surface area contributed by atoms with Crippen LogP contribution in [0.1, 0.15) is 27.0 Å². The number of rotatable bonds is 6. The summed E-state index contributed by atoms with van der Waals surface area (Å²) < 4.78 is 12.3. The first kappa shape index (κ1) is 26.2. The van der Waals surface area contributed by atoms with E-state index < -0.39 is 5.97 Å². The van der Waals surface area contributed by atoms with Gasteiger partial charge in [-0.05, 0) is 104 Å². The smallest absolute Gasteiger partial charge is 0.337 e. The summed E-state index contributed by atoms with van der Waals surface area (Å²) in [6.45, 7) is 2.49. The van der Waals surface area contributed by atoms with Crippen LogP contribution in [-0.2, 0) is 16.1 Å². The number of amidine groups is 1. The second kappa shape index (κ2) is 11.5. The Kier molecular flexibility index (Phi) is 8.33. The van der Waals surface area contributed by atoms with Crippen LogP contribution >= 0.6 is 43.6 Å². The zero-order chi connectivity index (χ0) is 25.8. The monoisotopic (exact) mass is 628 g/mol. The van der Waals surface area contributed by atoms with E-state index in [9.17, 15) is 9.59 Å². The highest BCUT2D eigenvalue weighted by Gasteiger charge is 2.30. The Bertz CT molecular complexity index is 1350. The van der Waals surface area contributed by atoms with Crippen molar-refractivity contribution >= 4 is 72.4 Å². The number of hydrogen-bond donors (Lipinski definition) is 0. The number of ether oxygens (including phenoxy) is 2. The molecule has 3 aromatic rings. The maximum absolute atomic E-state index is 12.9. The van der Waals surface area contributed by atoms with Gasteiger partial charge < -0.3 is 9.47 Å². The summed E-state index contributed by atoms with van der Waals surface area (Å²) in [5.41, 5.74) is 4.19. The third kappa shape index (κ3) is 6.08. The Balaban J connectivity index is 1.51. The number of aryl methyl sites for hydroxylation is 1. The van der Waals surface area contributed by atoms with Gasteiger partial charge in [-0.1, -0.05) is 29.8 Å². The molecule has 1 aliphatic rings. The normalized spacial score (nSPS) is 15.6. The van der Waals surface area contributed by atoms with Crippen LogP contribution < -0.4 is 4.74 Å². The fraction of sp³-hybridized carbons (Fsp3) is 0.148. The Morgan fingerprint density at radius 3 is 2.31 bits per heavy atom. The lowest BCUT2D eigenvalue weighted by atomic mass is 10.1. The summed E-state index contributed by atoms with van der Waals surface area (Å²) >= 11 is 8.48. The quantitative estimate of drug-likeness (QED) is 0.215. The number of methoxy groups -OCH3 is 1. The standard InChI is InChI=1S/C27H22Br2N2O4S/c1-16-4-6-17(7-5-16)15-35-24-21(28)12-18(13-22(24)29)14-23-25(32)31(2)27(36-23)30-20-10-8-19(9-11-20)26(33)34-3/h4-14H,15H2,1-3H3. The zero-order valence-electron chi connectivity index (χ0n) is 19.7. The molecule has 3 aromatic carbocycles. The average Bonchev–Trinajstić information content (AvgIpc) is 3.12. The van der Waals surface area contributed by atoms with E-state index in [1.807, 2.05) is 30.3 Å². The lowest BCUT2D eigenvalue weighted by Crippen LogP contribution is -2.23. The Labute approximate surface area is 230 Å². The highest BCUT2D eigenvalue weighted by atomic mass is 79.9. The second-order valence-corrected chi connectivity index (χ2v) is 10.7. The van der Waals surface area contributed by atoms with Gasteiger partial charge in [0, 0.05) is 7.05 Å². The molecule has 1 heterocycles. The van der Waals surface area contributed by atoms with Crippen molar-refractivity contribution < 1.29 is 19.1 Å². The van der Waals surface area contributed by atoms with Gasteiger partial charge in [0.2, 0.25) is 0 Å². The first-order valence-corrected chi connectivity index (χ1v) is 13.3. The largest absolute Gasteiger partial charge is 0.487 e. The van der Waals surface area contributed by atoms with E-state index in [1.54, 1.807) is 31.3 Å². The molecule has 1 fully saturated rings. The van der Waals surface area contributed by atoms with Gasteiger partial charge >= 0.3 is 5.97 Å². The molecule has 6 nitrogen and oxygen atoms in total. The number of aliphatic imine (C=N–C) groups is 1. The van der Waals surface area contributed by atoms with Gasteiger partial charge in [0.15, 0.2) is 5.17 Å². The van der Waals surface area contributed by atoms with Crippen molar-refractivity contribution in [3.8, 4) is 5.75 Å². The molecule has 0 unspecified atom stereocenters. The summed E-state index contributed by atoms with van der Waals surface area (Å²) in [5, 5.41) is 0.549. The first-order chi connectivity index (χ1) is 17.2. The maximum Gasteiger partial charge on any atom is 0.337 e. The Morgan fingerprint density at radius 2 is 1.69 bits per heavy atom. The molecule has 0 saturated carbocycles. The molecule has 4 rings (SSSR count). The molecule has 0 aromatic heterocycles. The summed E-state index contributed by atoms with van der Waals surface area (Å²) in [6, 6.07) is 18.7. The van der Waals surface area contributed by atoms with Crippen LogP contribution in [0.5, 0.6) is 5.75 Å². The van der Waals surface area contributed by atoms with Gasteiger partial charge in [0.25, 0.3) is 5.91 Å². The molecule has 184 valence electrons. The van der Waals surface area contributed by atoms with Crippen molar-refractivity contribution in [2.75, 3.05) is 14.2 Å². The van der Waals surface area contributed by atoms with E-state index in [1.165, 1.54) is 29.3 Å². The van der Waals surface area contributed by atoms with Crippen LogP contribution in [0.4, 0.5) is 5.69 Å². The van der Waals surface area contributed by atoms with Crippen molar-refractivity contribution in [2.45, 2.75) is 13.5 Å². The van der Waals surface area contributed by atoms with Crippen molar-refractivity contribution in [2.24, 2.45) is 4.99 Å². The Morgan fingerprint density at radius 1 is 1.06 bits per heavy atom. The average molecular weight is 630 g/mol. The van der Waals surface area contributed by atoms with E-state index in [-0.39, 0.29) is 5.91 Å². The predicted molar refractivity (Wildman–Crippen MR) is 151 cm³/mol. The number of thioether (sulfide) groups is 1. The lowest BCUT2D eigenvalue weighted by Gasteiger charge is -2.12. The van der Waals surface area contributed by atoms with Crippen molar-refractivity contribution in [3.63, 3.8) is 0 Å². The van der Waals surface area contributed by atoms with Crippen LogP contribution in [-0.4, -0.2) is 36.1 Å². The molecule has 0 atom stereocenters. The molecular weight excluding hydrogens is 608 g/mol. The summed E-state index contributed by atoms with van der Waals surface area (Å²) in [4.78, 5) is 31.1. The van der Waals surface area contributed by atoms with Gasteiger partial charge in [-0.15, -0.1) is 0 Å². The van der Waals surface area contributed by atoms with Gasteiger partial charge in [0.1, 0.15) is 12.4 Å². The van der Waals surface area contributed by atoms with E-state index in [4.69, 9.17) is 9.47 Å². The Hall–Kier alpha value is -2.88. The summed E-state index contributed by atoms with van der Waals surface area (Å²) in [5.74, 6) is 0.139. The highest BCUT2D eigenvalue weighted by Crippen LogP contribution is 2.38. The van der Waals surface area contributed by atoms with Crippen molar-refractivity contribution in [1.29, 1.82) is 0 Å². The van der Waals surface area contributed by atoms with Gasteiger partial charge in [-0.3, -0.25) is 9.69 Å². The summed E-state index contributed by atoms with van der Waals surface area (Å²) in [6.07, 6.45) is 1.83. The highest BCUT2D eigenvalue weighted by molar-refractivity contribution is 9.11. The van der Waals surface area contributed by atoms with E-state index in [2.05, 4.69) is 55.9 Å². The molecule has 1 amide bonds. The second-order valence-electron chi connectivity index (χ2n) is 8.00. The maximum atomic E-state index is 12.9. The molecule has 0 radical (unpaired) electrons. The number of benzene rings is 3. The van der Waals surface area contributed by atoms with Crippen molar-refractivity contribution in [3.05, 3.63) is 96.8 Å². The minimum Gasteiger partial charge on any atom is -0.487 e. The molecule has 1 aliphatic heterocycles. The SMILES string of the molecule is COC(=O)c1ccc(N=C2SC(=Cc3cc(Br)c(OCc4ccc(C)cc4)c(Br)c3)C(=O)N2C)cc1. The zero-order valence-corrected chi connectivity index (χ0v) is 23.7. The number of amides is 1. The molecule has 1 saturated heterocycles. The number of likely N-dealkylation sites (N-methyl/N-ethyl adjacent to an activating group) is 1. The van der Waals surface area contributed by atoms with Gasteiger partial charge in [0.05, 0.1) is 32.2 Å². The van der Waals surface area contributed by atoms with Crippen LogP contribution in [0.15, 0.2) is 79.5 Å². The number of esters is 1. The number of nitrogens with zero attached hydrogens (tertiary/aromatic N) is 2. The molecular formula is C27H22Br2N2O4S. The lowest BCUT2D eigenvalue weighted by molar-refractivity contribution is -0.121. The molecule has 0 aliphatic carbocycles. The minimum atomic E-state index is -0.411. The van der Waals surface area contributed by atoms with E-state index in [0.717, 1.165) is 20.1 Å². The van der Waals surface area contributed by atoms with Crippen LogP contribution in [0.25, 0.3) is 6.08 Å². The number of halogens is 2. The molecule has 9 heteroatoms. The third-order valence-corrected chi connectivity index (χ3v) is 7.58. The number of carbonyl (C=O) groups excluding carboxylic acids is 2. The minimum absolute atomic E-state index is 0.142. The summed E-state index contributed by atoms with van der Waals surface area (Å²) in [7, 11) is 3.02. The predicted octanol–water partition coefficient (Wildman–Crippen LogP) is 7.12. The molecule has 0 N–H and O–H groups in total. The van der Waals surface area contributed by atoms with Gasteiger partial charge in [-0.25, -0.2) is 9.79 Å². The topological polar surface area (TPSA) is 68.2 Å². The molecule has 0 bridgehead atoms. The molecule has 0 spiro atoms.